The normalized spacial score (nSPS) is 10.0. The summed E-state index contributed by atoms with van der Waals surface area (Å²) in [7, 11) is 0. The van der Waals surface area contributed by atoms with Gasteiger partial charge in [0.1, 0.15) is 0 Å². The second kappa shape index (κ2) is 2.65. The summed E-state index contributed by atoms with van der Waals surface area (Å²) in [6, 6.07) is 3.62. The quantitative estimate of drug-likeness (QED) is 0.678. The molecule has 0 aromatic carbocycles. The number of pyridine rings is 1. The Kier molecular flexibility index (Phi) is 1.51. The van der Waals surface area contributed by atoms with Gasteiger partial charge < -0.3 is 5.11 Å². The van der Waals surface area contributed by atoms with E-state index in [1.807, 2.05) is 12.1 Å². The number of aromatic hydroxyl groups is 1. The van der Waals surface area contributed by atoms with Crippen LogP contribution in [0.1, 0.15) is 0 Å². The van der Waals surface area contributed by atoms with Crippen molar-refractivity contribution in [1.29, 1.82) is 0 Å². The first-order valence-corrected chi connectivity index (χ1v) is 3.50. The molecule has 0 fully saturated rings. The topological polar surface area (TPSA) is 50.9 Å². The molecule has 0 radical (unpaired) electrons. The van der Waals surface area contributed by atoms with E-state index in [0.29, 0.717) is 0 Å². The van der Waals surface area contributed by atoms with E-state index in [-0.39, 0.29) is 5.75 Å². The second-order valence-electron chi connectivity index (χ2n) is 2.35. The number of rotatable bonds is 1. The Morgan fingerprint density at radius 3 is 2.58 bits per heavy atom. The molecule has 0 saturated heterocycles. The molecular weight excluding hydrogens is 154 g/mol. The lowest BCUT2D eigenvalue weighted by atomic mass is 10.4. The van der Waals surface area contributed by atoms with Crippen LogP contribution < -0.4 is 0 Å². The van der Waals surface area contributed by atoms with Crippen molar-refractivity contribution in [2.75, 3.05) is 0 Å². The first-order valence-electron chi connectivity index (χ1n) is 3.50. The van der Waals surface area contributed by atoms with Crippen LogP contribution in [-0.4, -0.2) is 19.9 Å². The predicted octanol–water partition coefficient (Wildman–Crippen LogP) is 0.973. The summed E-state index contributed by atoms with van der Waals surface area (Å²) in [5, 5.41) is 12.9. The van der Waals surface area contributed by atoms with E-state index >= 15 is 0 Å². The smallest absolute Gasteiger partial charge is 0.153 e. The first kappa shape index (κ1) is 6.84. The fourth-order valence-electron chi connectivity index (χ4n) is 0.951. The van der Waals surface area contributed by atoms with Crippen LogP contribution >= 0.6 is 0 Å². The number of aromatic nitrogens is 3. The molecule has 0 aliphatic carbocycles. The van der Waals surface area contributed by atoms with E-state index in [9.17, 15) is 0 Å². The molecule has 0 amide bonds. The fourth-order valence-corrected chi connectivity index (χ4v) is 0.951. The zero-order chi connectivity index (χ0) is 8.39. The lowest BCUT2D eigenvalue weighted by Gasteiger charge is -1.97. The molecule has 4 heteroatoms. The SMILES string of the molecule is Oc1cnn(-c2ccncc2)c1. The minimum Gasteiger partial charge on any atom is -0.505 e. The van der Waals surface area contributed by atoms with Crippen molar-refractivity contribution in [2.45, 2.75) is 0 Å². The van der Waals surface area contributed by atoms with E-state index in [1.165, 1.54) is 12.4 Å². The highest BCUT2D eigenvalue weighted by molar-refractivity contribution is 5.29. The van der Waals surface area contributed by atoms with Gasteiger partial charge in [0.05, 0.1) is 18.1 Å². The van der Waals surface area contributed by atoms with Gasteiger partial charge in [-0.3, -0.25) is 4.98 Å². The monoisotopic (exact) mass is 161 g/mol. The Morgan fingerprint density at radius 2 is 2.00 bits per heavy atom. The Labute approximate surface area is 69.1 Å². The lowest BCUT2D eigenvalue weighted by Crippen LogP contribution is -1.92. The molecule has 0 spiro atoms. The molecule has 2 heterocycles. The van der Waals surface area contributed by atoms with Crippen LogP contribution in [0.3, 0.4) is 0 Å². The summed E-state index contributed by atoms with van der Waals surface area (Å²) < 4.78 is 1.58. The highest BCUT2D eigenvalue weighted by Gasteiger charge is 1.96. The molecule has 2 rings (SSSR count). The van der Waals surface area contributed by atoms with Gasteiger partial charge in [-0.15, -0.1) is 0 Å². The molecule has 0 atom stereocenters. The average Bonchev–Trinajstić information content (AvgIpc) is 2.54. The molecule has 2 aromatic heterocycles. The second-order valence-corrected chi connectivity index (χ2v) is 2.35. The molecule has 1 N–H and O–H groups in total. The molecule has 0 bridgehead atoms. The number of hydrogen-bond donors (Lipinski definition) is 1. The van der Waals surface area contributed by atoms with Crippen LogP contribution in [0.2, 0.25) is 0 Å². The largest absolute Gasteiger partial charge is 0.505 e. The molecule has 0 aliphatic heterocycles. The van der Waals surface area contributed by atoms with Gasteiger partial charge in [-0.25, -0.2) is 4.68 Å². The lowest BCUT2D eigenvalue weighted by molar-refractivity contribution is 0.475. The van der Waals surface area contributed by atoms with Gasteiger partial charge in [-0.1, -0.05) is 0 Å². The molecule has 0 saturated carbocycles. The number of nitrogens with zero attached hydrogens (tertiary/aromatic N) is 3. The Balaban J connectivity index is 2.45. The number of hydrogen-bond acceptors (Lipinski definition) is 3. The molecule has 60 valence electrons. The van der Waals surface area contributed by atoms with Crippen LogP contribution in [0, 0.1) is 0 Å². The van der Waals surface area contributed by atoms with Gasteiger partial charge >= 0.3 is 0 Å². The standard InChI is InChI=1S/C8H7N3O/c12-8-5-10-11(6-8)7-1-3-9-4-2-7/h1-6,12H. The van der Waals surface area contributed by atoms with Crippen LogP contribution in [0.25, 0.3) is 5.69 Å². The van der Waals surface area contributed by atoms with Crippen molar-refractivity contribution in [3.05, 3.63) is 36.9 Å². The van der Waals surface area contributed by atoms with Crippen LogP contribution in [0.15, 0.2) is 36.9 Å². The maximum atomic E-state index is 9.02. The third-order valence-corrected chi connectivity index (χ3v) is 1.50. The maximum absolute atomic E-state index is 9.02. The predicted molar refractivity (Wildman–Crippen MR) is 43.0 cm³/mol. The highest BCUT2D eigenvalue weighted by atomic mass is 16.3. The average molecular weight is 161 g/mol. The summed E-state index contributed by atoms with van der Waals surface area (Å²) in [6.07, 6.45) is 6.28. The zero-order valence-corrected chi connectivity index (χ0v) is 6.25. The van der Waals surface area contributed by atoms with E-state index in [1.54, 1.807) is 17.1 Å². The van der Waals surface area contributed by atoms with E-state index in [2.05, 4.69) is 10.1 Å². The van der Waals surface area contributed by atoms with Crippen LogP contribution in [-0.2, 0) is 0 Å². The summed E-state index contributed by atoms with van der Waals surface area (Å²) in [4.78, 5) is 3.87. The maximum Gasteiger partial charge on any atom is 0.153 e. The van der Waals surface area contributed by atoms with E-state index < -0.39 is 0 Å². The van der Waals surface area contributed by atoms with E-state index in [4.69, 9.17) is 5.11 Å². The minimum atomic E-state index is 0.159. The highest BCUT2D eigenvalue weighted by Crippen LogP contribution is 2.09. The molecule has 4 nitrogen and oxygen atoms in total. The van der Waals surface area contributed by atoms with Crippen molar-refractivity contribution in [3.63, 3.8) is 0 Å². The van der Waals surface area contributed by atoms with Gasteiger partial charge in [0.15, 0.2) is 5.75 Å². The van der Waals surface area contributed by atoms with Crippen molar-refractivity contribution in [3.8, 4) is 11.4 Å². The Morgan fingerprint density at radius 1 is 1.25 bits per heavy atom. The first-order chi connectivity index (χ1) is 5.86. The van der Waals surface area contributed by atoms with E-state index in [0.717, 1.165) is 5.69 Å². The zero-order valence-electron chi connectivity index (χ0n) is 6.25. The van der Waals surface area contributed by atoms with Crippen LogP contribution in [0.4, 0.5) is 0 Å². The van der Waals surface area contributed by atoms with Gasteiger partial charge in [-0.05, 0) is 12.1 Å². The summed E-state index contributed by atoms with van der Waals surface area (Å²) in [6.45, 7) is 0. The van der Waals surface area contributed by atoms with Gasteiger partial charge in [-0.2, -0.15) is 5.10 Å². The third-order valence-electron chi connectivity index (χ3n) is 1.50. The Hall–Kier alpha value is -1.84. The summed E-state index contributed by atoms with van der Waals surface area (Å²) >= 11 is 0. The molecular formula is C8H7N3O. The van der Waals surface area contributed by atoms with Crippen molar-refractivity contribution in [1.82, 2.24) is 14.8 Å². The molecule has 0 unspecified atom stereocenters. The van der Waals surface area contributed by atoms with Crippen molar-refractivity contribution < 1.29 is 5.11 Å². The van der Waals surface area contributed by atoms with Gasteiger partial charge in [0, 0.05) is 12.4 Å². The van der Waals surface area contributed by atoms with Gasteiger partial charge in [0.25, 0.3) is 0 Å². The third kappa shape index (κ3) is 1.14. The van der Waals surface area contributed by atoms with Crippen molar-refractivity contribution in [2.24, 2.45) is 0 Å². The van der Waals surface area contributed by atoms with Crippen molar-refractivity contribution >= 4 is 0 Å². The fraction of sp³-hybridized carbons (Fsp3) is 0. The Bertz CT molecular complexity index is 369. The molecule has 2 aromatic rings. The molecule has 0 aliphatic rings. The summed E-state index contributed by atoms with van der Waals surface area (Å²) in [5.41, 5.74) is 0.880. The summed E-state index contributed by atoms with van der Waals surface area (Å²) in [5.74, 6) is 0.159. The van der Waals surface area contributed by atoms with Gasteiger partial charge in [0.2, 0.25) is 0 Å². The molecule has 12 heavy (non-hydrogen) atoms. The minimum absolute atomic E-state index is 0.159. The van der Waals surface area contributed by atoms with Crippen LogP contribution in [0.5, 0.6) is 5.75 Å².